The molecule has 0 aliphatic carbocycles. The molecule has 1 fully saturated rings. The summed E-state index contributed by atoms with van der Waals surface area (Å²) in [7, 11) is 0. The maximum absolute atomic E-state index is 3.61. The van der Waals surface area contributed by atoms with Crippen LogP contribution in [0.3, 0.4) is 0 Å². The first-order valence-electron chi connectivity index (χ1n) is 5.09. The molecule has 72 valence electrons. The Morgan fingerprint density at radius 2 is 2.25 bits per heavy atom. The Morgan fingerprint density at radius 1 is 1.50 bits per heavy atom. The minimum absolute atomic E-state index is 0.802. The highest BCUT2D eigenvalue weighted by molar-refractivity contribution is 9.09. The predicted molar refractivity (Wildman–Crippen MR) is 57.8 cm³/mol. The Hall–Kier alpha value is 0.440. The number of nitrogens with zero attached hydrogens (tertiary/aromatic N) is 1. The van der Waals surface area contributed by atoms with Crippen LogP contribution in [0.1, 0.15) is 33.1 Å². The van der Waals surface area contributed by atoms with Gasteiger partial charge in [0.05, 0.1) is 0 Å². The molecule has 2 atom stereocenters. The molecule has 1 nitrogen and oxygen atoms in total. The minimum atomic E-state index is 0.802. The average molecular weight is 234 g/mol. The molecule has 0 aromatic carbocycles. The molecule has 1 aliphatic rings. The lowest BCUT2D eigenvalue weighted by molar-refractivity contribution is 0.249. The van der Waals surface area contributed by atoms with Gasteiger partial charge in [0.25, 0.3) is 0 Å². The Balaban J connectivity index is 2.32. The number of alkyl halides is 1. The van der Waals surface area contributed by atoms with E-state index in [0.717, 1.165) is 17.3 Å². The molecular formula is C10H20BrN. The van der Waals surface area contributed by atoms with Gasteiger partial charge in [0.1, 0.15) is 0 Å². The number of hydrogen-bond acceptors (Lipinski definition) is 1. The third kappa shape index (κ3) is 2.46. The summed E-state index contributed by atoms with van der Waals surface area (Å²) in [5, 5.41) is 1.15. The first-order chi connectivity index (χ1) is 5.79. The van der Waals surface area contributed by atoms with Crippen molar-refractivity contribution in [2.45, 2.75) is 39.2 Å². The van der Waals surface area contributed by atoms with E-state index >= 15 is 0 Å². The molecule has 1 heterocycles. The van der Waals surface area contributed by atoms with Gasteiger partial charge in [-0.3, -0.25) is 4.90 Å². The fourth-order valence-electron chi connectivity index (χ4n) is 1.98. The molecule has 0 saturated carbocycles. The van der Waals surface area contributed by atoms with Gasteiger partial charge >= 0.3 is 0 Å². The molecule has 0 N–H and O–H groups in total. The molecule has 0 radical (unpaired) electrons. The van der Waals surface area contributed by atoms with E-state index in [2.05, 4.69) is 34.7 Å². The normalized spacial score (nSPS) is 31.2. The molecule has 0 amide bonds. The summed E-state index contributed by atoms with van der Waals surface area (Å²) in [6, 6.07) is 0.802. The Bertz CT molecular complexity index is 127. The van der Waals surface area contributed by atoms with Crippen LogP contribution in [-0.2, 0) is 0 Å². The molecular weight excluding hydrogens is 214 g/mol. The number of halogens is 1. The zero-order chi connectivity index (χ0) is 8.97. The van der Waals surface area contributed by atoms with E-state index in [-0.39, 0.29) is 0 Å². The molecule has 0 bridgehead atoms. The van der Waals surface area contributed by atoms with E-state index in [9.17, 15) is 0 Å². The number of rotatable bonds is 4. The summed E-state index contributed by atoms with van der Waals surface area (Å²) < 4.78 is 0. The lowest BCUT2D eigenvalue weighted by Gasteiger charge is -2.24. The van der Waals surface area contributed by atoms with E-state index < -0.39 is 0 Å². The summed E-state index contributed by atoms with van der Waals surface area (Å²) in [5.74, 6) is 0.890. The summed E-state index contributed by atoms with van der Waals surface area (Å²) >= 11 is 3.61. The van der Waals surface area contributed by atoms with E-state index in [1.807, 2.05) is 0 Å². The van der Waals surface area contributed by atoms with E-state index in [4.69, 9.17) is 0 Å². The highest BCUT2D eigenvalue weighted by Gasteiger charge is 2.29. The molecule has 1 saturated heterocycles. The topological polar surface area (TPSA) is 3.24 Å². The molecule has 12 heavy (non-hydrogen) atoms. The fourth-order valence-corrected chi connectivity index (χ4v) is 3.02. The van der Waals surface area contributed by atoms with Crippen LogP contribution in [0.25, 0.3) is 0 Å². The first-order valence-corrected chi connectivity index (χ1v) is 6.21. The highest BCUT2D eigenvalue weighted by atomic mass is 79.9. The highest BCUT2D eigenvalue weighted by Crippen LogP contribution is 2.25. The van der Waals surface area contributed by atoms with Gasteiger partial charge < -0.3 is 0 Å². The molecule has 0 aromatic rings. The van der Waals surface area contributed by atoms with Crippen LogP contribution >= 0.6 is 15.9 Å². The van der Waals surface area contributed by atoms with Crippen LogP contribution < -0.4 is 0 Å². The van der Waals surface area contributed by atoms with Crippen molar-refractivity contribution in [1.82, 2.24) is 4.90 Å². The van der Waals surface area contributed by atoms with Gasteiger partial charge in [-0.15, -0.1) is 0 Å². The zero-order valence-corrected chi connectivity index (χ0v) is 9.81. The van der Waals surface area contributed by atoms with Gasteiger partial charge in [0.15, 0.2) is 0 Å². The third-order valence-corrected chi connectivity index (χ3v) is 3.62. The predicted octanol–water partition coefficient (Wildman–Crippen LogP) is 2.89. The van der Waals surface area contributed by atoms with E-state index in [1.54, 1.807) is 0 Å². The number of likely N-dealkylation sites (tertiary alicyclic amines) is 1. The summed E-state index contributed by atoms with van der Waals surface area (Å²) in [4.78, 5) is 2.64. The number of unbranched alkanes of at least 4 members (excludes halogenated alkanes) is 1. The van der Waals surface area contributed by atoms with Crippen molar-refractivity contribution in [3.63, 3.8) is 0 Å². The summed E-state index contributed by atoms with van der Waals surface area (Å²) in [6.45, 7) is 7.26. The quantitative estimate of drug-likeness (QED) is 0.676. The van der Waals surface area contributed by atoms with E-state index in [0.29, 0.717) is 0 Å². The van der Waals surface area contributed by atoms with Crippen LogP contribution in [-0.4, -0.2) is 29.4 Å². The average Bonchev–Trinajstić information content (AvgIpc) is 2.43. The molecule has 1 rings (SSSR count). The van der Waals surface area contributed by atoms with Crippen LogP contribution in [0.4, 0.5) is 0 Å². The van der Waals surface area contributed by atoms with Crippen molar-refractivity contribution in [3.8, 4) is 0 Å². The Kier molecular flexibility index (Phi) is 4.59. The minimum Gasteiger partial charge on any atom is -0.299 e. The van der Waals surface area contributed by atoms with E-state index in [1.165, 1.54) is 32.4 Å². The second kappa shape index (κ2) is 5.23. The lowest BCUT2D eigenvalue weighted by atomic mass is 10.1. The zero-order valence-electron chi connectivity index (χ0n) is 8.22. The second-order valence-electron chi connectivity index (χ2n) is 3.88. The molecule has 1 aliphatic heterocycles. The maximum atomic E-state index is 3.61. The van der Waals surface area contributed by atoms with Crippen LogP contribution in [0.15, 0.2) is 0 Å². The Labute approximate surface area is 84.6 Å². The maximum Gasteiger partial charge on any atom is 0.0218 e. The van der Waals surface area contributed by atoms with Gasteiger partial charge in [0.2, 0.25) is 0 Å². The molecule has 0 spiro atoms. The SMILES string of the molecule is CCCCN1CCC(C)C1CBr. The second-order valence-corrected chi connectivity index (χ2v) is 4.52. The van der Waals surface area contributed by atoms with Crippen LogP contribution in [0, 0.1) is 5.92 Å². The van der Waals surface area contributed by atoms with Crippen molar-refractivity contribution in [1.29, 1.82) is 0 Å². The van der Waals surface area contributed by atoms with Crippen molar-refractivity contribution >= 4 is 15.9 Å². The lowest BCUT2D eigenvalue weighted by Crippen LogP contribution is -2.34. The van der Waals surface area contributed by atoms with Gasteiger partial charge in [-0.1, -0.05) is 36.2 Å². The van der Waals surface area contributed by atoms with Crippen LogP contribution in [0.5, 0.6) is 0 Å². The third-order valence-electron chi connectivity index (χ3n) is 2.95. The standard InChI is InChI=1S/C10H20BrN/c1-3-4-6-12-7-5-9(2)10(12)8-11/h9-10H,3-8H2,1-2H3. The van der Waals surface area contributed by atoms with Crippen molar-refractivity contribution < 1.29 is 0 Å². The molecule has 2 heteroatoms. The smallest absolute Gasteiger partial charge is 0.0218 e. The monoisotopic (exact) mass is 233 g/mol. The van der Waals surface area contributed by atoms with Crippen molar-refractivity contribution in [2.75, 3.05) is 18.4 Å². The molecule has 0 aromatic heterocycles. The summed E-state index contributed by atoms with van der Waals surface area (Å²) in [6.07, 6.45) is 4.07. The fraction of sp³-hybridized carbons (Fsp3) is 1.00. The number of hydrogen-bond donors (Lipinski definition) is 0. The van der Waals surface area contributed by atoms with Gasteiger partial charge in [-0.05, 0) is 31.8 Å². The van der Waals surface area contributed by atoms with Crippen LogP contribution in [0.2, 0.25) is 0 Å². The first kappa shape index (κ1) is 10.5. The van der Waals surface area contributed by atoms with Gasteiger partial charge in [-0.2, -0.15) is 0 Å². The van der Waals surface area contributed by atoms with Gasteiger partial charge in [-0.25, -0.2) is 0 Å². The van der Waals surface area contributed by atoms with Gasteiger partial charge in [0, 0.05) is 11.4 Å². The molecule has 2 unspecified atom stereocenters. The Morgan fingerprint density at radius 3 is 2.83 bits per heavy atom. The summed E-state index contributed by atoms with van der Waals surface area (Å²) in [5.41, 5.74) is 0. The van der Waals surface area contributed by atoms with Crippen molar-refractivity contribution in [2.24, 2.45) is 5.92 Å². The largest absolute Gasteiger partial charge is 0.299 e. The van der Waals surface area contributed by atoms with Crippen molar-refractivity contribution in [3.05, 3.63) is 0 Å².